The Kier molecular flexibility index (Phi) is 6.70. The van der Waals surface area contributed by atoms with Crippen molar-refractivity contribution in [2.45, 2.75) is 24.8 Å². The standard InChI is InChI=1S/C31H29BrN2O6/c1-37-23-13-19-22(14-21(23)32)33-28-26(19)18(17-10-24(38-2)29(40-4)25(11-17)39-3)12-20-27(28)31(36)34(30(20)35)15-16-8-6-5-7-9-16/h5-11,13-14,18,20,27,33H,12,15H2,1-4H3/t18-,20-,27-/m1/s1. The molecule has 4 aromatic rings. The molecular weight excluding hydrogens is 576 g/mol. The zero-order valence-electron chi connectivity index (χ0n) is 22.6. The first-order chi connectivity index (χ1) is 19.4. The first kappa shape index (κ1) is 26.3. The van der Waals surface area contributed by atoms with Crippen LogP contribution in [0.5, 0.6) is 23.0 Å². The zero-order valence-corrected chi connectivity index (χ0v) is 24.2. The molecule has 0 unspecified atom stereocenters. The zero-order chi connectivity index (χ0) is 28.1. The van der Waals surface area contributed by atoms with Crippen LogP contribution in [0, 0.1) is 5.92 Å². The van der Waals surface area contributed by atoms with Gasteiger partial charge in [0.25, 0.3) is 0 Å². The van der Waals surface area contributed by atoms with E-state index < -0.39 is 11.8 Å². The Bertz CT molecular complexity index is 1610. The lowest BCUT2D eigenvalue weighted by Crippen LogP contribution is -2.30. The molecule has 1 N–H and O–H groups in total. The number of carbonyl (C=O) groups is 2. The van der Waals surface area contributed by atoms with Crippen molar-refractivity contribution >= 4 is 38.6 Å². The van der Waals surface area contributed by atoms with Crippen LogP contribution in [-0.2, 0) is 16.1 Å². The molecule has 6 rings (SSSR count). The molecule has 206 valence electrons. The van der Waals surface area contributed by atoms with Crippen LogP contribution in [0.2, 0.25) is 0 Å². The molecule has 8 nitrogen and oxygen atoms in total. The second kappa shape index (κ2) is 10.2. The number of aromatic nitrogens is 1. The van der Waals surface area contributed by atoms with Gasteiger partial charge in [-0.3, -0.25) is 14.5 Å². The lowest BCUT2D eigenvalue weighted by Gasteiger charge is -2.30. The molecule has 1 aromatic heterocycles. The summed E-state index contributed by atoms with van der Waals surface area (Å²) >= 11 is 3.59. The SMILES string of the molecule is COc1cc2c3c([nH]c2cc1Br)[C@@H]1C(=O)N(Cc2ccccc2)C(=O)[C@@H]1C[C@@H]3c1cc(OC)c(OC)c(OC)c1. The Morgan fingerprint density at radius 1 is 0.875 bits per heavy atom. The van der Waals surface area contributed by atoms with Crippen LogP contribution in [0.3, 0.4) is 0 Å². The minimum Gasteiger partial charge on any atom is -0.496 e. The molecule has 3 aromatic carbocycles. The van der Waals surface area contributed by atoms with Gasteiger partial charge in [-0.1, -0.05) is 30.3 Å². The van der Waals surface area contributed by atoms with Gasteiger partial charge in [-0.15, -0.1) is 0 Å². The molecule has 0 radical (unpaired) electrons. The maximum Gasteiger partial charge on any atom is 0.239 e. The van der Waals surface area contributed by atoms with E-state index in [-0.39, 0.29) is 24.3 Å². The lowest BCUT2D eigenvalue weighted by molar-refractivity contribution is -0.140. The van der Waals surface area contributed by atoms with Crippen LogP contribution in [0.4, 0.5) is 0 Å². The van der Waals surface area contributed by atoms with Gasteiger partial charge >= 0.3 is 0 Å². The number of carbonyl (C=O) groups excluding carboxylic acids is 2. The Morgan fingerprint density at radius 2 is 1.55 bits per heavy atom. The highest BCUT2D eigenvalue weighted by atomic mass is 79.9. The second-order valence-corrected chi connectivity index (χ2v) is 10.9. The van der Waals surface area contributed by atoms with E-state index >= 15 is 0 Å². The summed E-state index contributed by atoms with van der Waals surface area (Å²) in [5.74, 6) is 0.569. The van der Waals surface area contributed by atoms with Crippen LogP contribution in [0.25, 0.3) is 10.9 Å². The molecule has 3 atom stereocenters. The van der Waals surface area contributed by atoms with Gasteiger partial charge in [-0.2, -0.15) is 0 Å². The number of likely N-dealkylation sites (tertiary alicyclic amines) is 1. The molecule has 2 heterocycles. The first-order valence-electron chi connectivity index (χ1n) is 13.0. The molecule has 9 heteroatoms. The molecule has 40 heavy (non-hydrogen) atoms. The molecule has 0 saturated carbocycles. The van der Waals surface area contributed by atoms with Crippen LogP contribution >= 0.6 is 15.9 Å². The Labute approximate surface area is 240 Å². The number of fused-ring (bicyclic) bond motifs is 5. The van der Waals surface area contributed by atoms with Crippen molar-refractivity contribution in [2.24, 2.45) is 5.92 Å². The maximum atomic E-state index is 13.9. The summed E-state index contributed by atoms with van der Waals surface area (Å²) < 4.78 is 23.3. The number of benzene rings is 3. The number of ether oxygens (including phenoxy) is 4. The van der Waals surface area contributed by atoms with E-state index in [9.17, 15) is 9.59 Å². The molecular formula is C31H29BrN2O6. The molecule has 2 amide bonds. The van der Waals surface area contributed by atoms with Crippen molar-refractivity contribution in [3.05, 3.63) is 81.5 Å². The van der Waals surface area contributed by atoms with Gasteiger partial charge < -0.3 is 23.9 Å². The molecule has 2 aliphatic rings. The topological polar surface area (TPSA) is 90.1 Å². The monoisotopic (exact) mass is 604 g/mol. The van der Waals surface area contributed by atoms with Gasteiger partial charge in [-0.25, -0.2) is 0 Å². The van der Waals surface area contributed by atoms with Gasteiger partial charge in [-0.05, 0) is 63.3 Å². The number of H-pyrrole nitrogens is 1. The number of halogens is 1. The number of nitrogens with zero attached hydrogens (tertiary/aromatic N) is 1. The molecule has 0 spiro atoms. The third-order valence-electron chi connectivity index (χ3n) is 8.08. The summed E-state index contributed by atoms with van der Waals surface area (Å²) in [5, 5.41) is 0.939. The molecule has 1 aliphatic heterocycles. The minimum atomic E-state index is -0.596. The van der Waals surface area contributed by atoms with E-state index in [0.717, 1.165) is 37.8 Å². The Morgan fingerprint density at radius 3 is 2.17 bits per heavy atom. The fraction of sp³-hybridized carbons (Fsp3) is 0.290. The van der Waals surface area contributed by atoms with Crippen molar-refractivity contribution < 1.29 is 28.5 Å². The van der Waals surface area contributed by atoms with E-state index in [4.69, 9.17) is 18.9 Å². The average Bonchev–Trinajstić information content (AvgIpc) is 3.45. The summed E-state index contributed by atoms with van der Waals surface area (Å²) in [6, 6.07) is 17.4. The fourth-order valence-electron chi connectivity index (χ4n) is 6.27. The Hall–Kier alpha value is -3.98. The van der Waals surface area contributed by atoms with Crippen LogP contribution in [0.1, 0.15) is 40.6 Å². The third kappa shape index (κ3) is 4.02. The van der Waals surface area contributed by atoms with Crippen molar-refractivity contribution in [1.82, 2.24) is 9.88 Å². The third-order valence-corrected chi connectivity index (χ3v) is 8.70. The van der Waals surface area contributed by atoms with Gasteiger partial charge in [0.1, 0.15) is 5.75 Å². The summed E-state index contributed by atoms with van der Waals surface area (Å²) in [6.45, 7) is 0.245. The normalized spacial score (nSPS) is 19.9. The number of rotatable bonds is 7. The van der Waals surface area contributed by atoms with E-state index in [1.807, 2.05) is 54.6 Å². The maximum absolute atomic E-state index is 13.9. The highest BCUT2D eigenvalue weighted by molar-refractivity contribution is 9.10. The first-order valence-corrected chi connectivity index (χ1v) is 13.8. The smallest absolute Gasteiger partial charge is 0.239 e. The van der Waals surface area contributed by atoms with E-state index in [1.54, 1.807) is 28.4 Å². The minimum absolute atomic E-state index is 0.153. The molecule has 0 bridgehead atoms. The van der Waals surface area contributed by atoms with Gasteiger partial charge in [0.05, 0.1) is 51.3 Å². The Balaban J connectivity index is 1.54. The highest BCUT2D eigenvalue weighted by Gasteiger charge is 2.54. The summed E-state index contributed by atoms with van der Waals surface area (Å²) in [7, 11) is 6.35. The van der Waals surface area contributed by atoms with Crippen molar-refractivity contribution in [3.8, 4) is 23.0 Å². The second-order valence-electron chi connectivity index (χ2n) is 10.1. The predicted octanol–water partition coefficient (Wildman–Crippen LogP) is 5.77. The summed E-state index contributed by atoms with van der Waals surface area (Å²) in [6.07, 6.45) is 0.456. The predicted molar refractivity (Wildman–Crippen MR) is 153 cm³/mol. The van der Waals surface area contributed by atoms with Crippen molar-refractivity contribution in [1.29, 1.82) is 0 Å². The number of aromatic amines is 1. The summed E-state index contributed by atoms with van der Waals surface area (Å²) in [5.41, 5.74) is 4.41. The number of hydrogen-bond acceptors (Lipinski definition) is 6. The summed E-state index contributed by atoms with van der Waals surface area (Å²) in [4.78, 5) is 32.7. The number of amides is 2. The number of nitrogens with one attached hydrogen (secondary N) is 1. The molecule has 1 fully saturated rings. The van der Waals surface area contributed by atoms with Gasteiger partial charge in [0, 0.05) is 22.5 Å². The molecule has 1 aliphatic carbocycles. The van der Waals surface area contributed by atoms with Crippen molar-refractivity contribution in [2.75, 3.05) is 28.4 Å². The highest BCUT2D eigenvalue weighted by Crippen LogP contribution is 2.54. The van der Waals surface area contributed by atoms with Crippen molar-refractivity contribution in [3.63, 3.8) is 0 Å². The van der Waals surface area contributed by atoms with E-state index in [1.165, 1.54) is 4.90 Å². The van der Waals surface area contributed by atoms with Crippen LogP contribution in [0.15, 0.2) is 59.1 Å². The molecule has 1 saturated heterocycles. The largest absolute Gasteiger partial charge is 0.496 e. The number of hydrogen-bond donors (Lipinski definition) is 1. The van der Waals surface area contributed by atoms with Gasteiger partial charge in [0.2, 0.25) is 17.6 Å². The number of methoxy groups -OCH3 is 4. The fourth-order valence-corrected chi connectivity index (χ4v) is 6.77. The average molecular weight is 605 g/mol. The number of imide groups is 1. The quantitative estimate of drug-likeness (QED) is 0.269. The van der Waals surface area contributed by atoms with E-state index in [2.05, 4.69) is 20.9 Å². The van der Waals surface area contributed by atoms with Crippen LogP contribution in [-0.4, -0.2) is 50.1 Å². The van der Waals surface area contributed by atoms with Gasteiger partial charge in [0.15, 0.2) is 11.5 Å². The van der Waals surface area contributed by atoms with E-state index in [0.29, 0.717) is 29.4 Å². The lowest BCUT2D eigenvalue weighted by atomic mass is 9.71. The van der Waals surface area contributed by atoms with Crippen LogP contribution < -0.4 is 18.9 Å².